The number of aryl methyl sites for hydroxylation is 1. The van der Waals surface area contributed by atoms with Crippen LogP contribution in [0.3, 0.4) is 0 Å². The van der Waals surface area contributed by atoms with Crippen molar-refractivity contribution >= 4 is 17.5 Å². The molecule has 0 spiro atoms. The summed E-state index contributed by atoms with van der Waals surface area (Å²) in [7, 11) is 1.72. The van der Waals surface area contributed by atoms with Gasteiger partial charge in [0.25, 0.3) is 5.91 Å². The molecule has 20 heavy (non-hydrogen) atoms. The van der Waals surface area contributed by atoms with Gasteiger partial charge in [-0.25, -0.2) is 0 Å². The summed E-state index contributed by atoms with van der Waals surface area (Å²) >= 11 is 0. The number of carbonyl (C=O) groups is 2. The second-order valence-corrected chi connectivity index (χ2v) is 4.99. The number of amides is 2. The lowest BCUT2D eigenvalue weighted by molar-refractivity contribution is -0.128. The highest BCUT2D eigenvalue weighted by Gasteiger charge is 2.14. The van der Waals surface area contributed by atoms with Gasteiger partial charge in [-0.05, 0) is 43.5 Å². The van der Waals surface area contributed by atoms with Crippen LogP contribution in [0.4, 0.5) is 5.69 Å². The van der Waals surface area contributed by atoms with E-state index in [2.05, 4.69) is 10.6 Å². The molecule has 0 saturated heterocycles. The van der Waals surface area contributed by atoms with Gasteiger partial charge < -0.3 is 15.5 Å². The van der Waals surface area contributed by atoms with E-state index in [1.807, 2.05) is 19.1 Å². The molecule has 1 aliphatic heterocycles. The lowest BCUT2D eigenvalue weighted by Crippen LogP contribution is -2.38. The Labute approximate surface area is 119 Å². The molecular formula is C15H21N3O2. The number of benzene rings is 1. The van der Waals surface area contributed by atoms with E-state index in [0.717, 1.165) is 25.1 Å². The van der Waals surface area contributed by atoms with Crippen LogP contribution >= 0.6 is 0 Å². The maximum absolute atomic E-state index is 12.0. The second kappa shape index (κ2) is 6.41. The lowest BCUT2D eigenvalue weighted by atomic mass is 10.0. The van der Waals surface area contributed by atoms with Crippen LogP contribution in [-0.2, 0) is 11.2 Å². The highest BCUT2D eigenvalue weighted by molar-refractivity contribution is 5.97. The molecule has 0 saturated carbocycles. The van der Waals surface area contributed by atoms with Gasteiger partial charge in [0.1, 0.15) is 0 Å². The second-order valence-electron chi connectivity index (χ2n) is 4.99. The molecule has 0 fully saturated rings. The van der Waals surface area contributed by atoms with Gasteiger partial charge >= 0.3 is 0 Å². The highest BCUT2D eigenvalue weighted by Crippen LogP contribution is 2.22. The Bertz CT molecular complexity index is 514. The first kappa shape index (κ1) is 14.4. The molecule has 1 aromatic rings. The number of hydrogen-bond donors (Lipinski definition) is 2. The van der Waals surface area contributed by atoms with Gasteiger partial charge in [0.2, 0.25) is 5.91 Å². The molecule has 1 aliphatic rings. The van der Waals surface area contributed by atoms with Crippen LogP contribution in [0.25, 0.3) is 0 Å². The number of hydrogen-bond acceptors (Lipinski definition) is 3. The molecule has 0 aromatic heterocycles. The van der Waals surface area contributed by atoms with E-state index in [9.17, 15) is 9.59 Å². The first-order valence-corrected chi connectivity index (χ1v) is 7.00. The Morgan fingerprint density at radius 2 is 2.20 bits per heavy atom. The molecule has 108 valence electrons. The highest BCUT2D eigenvalue weighted by atomic mass is 16.2. The molecular weight excluding hydrogens is 254 g/mol. The van der Waals surface area contributed by atoms with Crippen LogP contribution in [0.1, 0.15) is 29.3 Å². The van der Waals surface area contributed by atoms with Gasteiger partial charge in [-0.1, -0.05) is 0 Å². The van der Waals surface area contributed by atoms with Crippen molar-refractivity contribution in [2.75, 3.05) is 32.0 Å². The molecule has 2 rings (SSSR count). The van der Waals surface area contributed by atoms with Gasteiger partial charge in [-0.3, -0.25) is 9.59 Å². The van der Waals surface area contributed by atoms with Gasteiger partial charge in [-0.2, -0.15) is 0 Å². The molecule has 2 amide bonds. The number of nitrogens with one attached hydrogen (secondary N) is 2. The van der Waals surface area contributed by atoms with Crippen molar-refractivity contribution in [3.8, 4) is 0 Å². The average molecular weight is 275 g/mol. The number of nitrogens with zero attached hydrogens (tertiary/aromatic N) is 1. The van der Waals surface area contributed by atoms with E-state index in [-0.39, 0.29) is 18.4 Å². The summed E-state index contributed by atoms with van der Waals surface area (Å²) in [4.78, 5) is 25.3. The van der Waals surface area contributed by atoms with E-state index in [0.29, 0.717) is 12.1 Å². The molecule has 0 bridgehead atoms. The molecule has 0 unspecified atom stereocenters. The van der Waals surface area contributed by atoms with Crippen molar-refractivity contribution in [2.24, 2.45) is 0 Å². The normalized spacial score (nSPS) is 13.1. The summed E-state index contributed by atoms with van der Waals surface area (Å²) in [6, 6.07) is 5.63. The van der Waals surface area contributed by atoms with Gasteiger partial charge in [0.05, 0.1) is 6.54 Å². The smallest absolute Gasteiger partial charge is 0.251 e. The van der Waals surface area contributed by atoms with E-state index in [1.54, 1.807) is 18.0 Å². The fourth-order valence-electron chi connectivity index (χ4n) is 2.19. The molecule has 5 heteroatoms. The standard InChI is InChI=1S/C15H21N3O2/c1-3-18(2)14(19)10-17-15(20)12-6-7-13-11(9-12)5-4-8-16-13/h6-7,9,16H,3-5,8,10H2,1-2H3,(H,17,20). The molecule has 2 N–H and O–H groups in total. The summed E-state index contributed by atoms with van der Waals surface area (Å²) in [6.07, 6.45) is 2.07. The average Bonchev–Trinajstić information content (AvgIpc) is 2.50. The first-order chi connectivity index (χ1) is 9.61. The van der Waals surface area contributed by atoms with Crippen LogP contribution in [0.5, 0.6) is 0 Å². The minimum absolute atomic E-state index is 0.0402. The molecule has 0 radical (unpaired) electrons. The lowest BCUT2D eigenvalue weighted by Gasteiger charge is -2.19. The molecule has 0 atom stereocenters. The Balaban J connectivity index is 1.97. The predicted molar refractivity (Wildman–Crippen MR) is 78.9 cm³/mol. The minimum atomic E-state index is -0.198. The summed E-state index contributed by atoms with van der Waals surface area (Å²) in [6.45, 7) is 3.56. The fraction of sp³-hybridized carbons (Fsp3) is 0.467. The van der Waals surface area contributed by atoms with E-state index < -0.39 is 0 Å². The summed E-state index contributed by atoms with van der Waals surface area (Å²) in [5.41, 5.74) is 2.88. The van der Waals surface area contributed by atoms with Crippen molar-refractivity contribution in [1.29, 1.82) is 0 Å². The predicted octanol–water partition coefficient (Wildman–Crippen LogP) is 1.25. The van der Waals surface area contributed by atoms with Gasteiger partial charge in [0, 0.05) is 31.4 Å². The van der Waals surface area contributed by atoms with Gasteiger partial charge in [0.15, 0.2) is 0 Å². The molecule has 0 aliphatic carbocycles. The van der Waals surface area contributed by atoms with E-state index in [4.69, 9.17) is 0 Å². The Kier molecular flexibility index (Phi) is 4.61. The third kappa shape index (κ3) is 3.29. The van der Waals surface area contributed by atoms with Crippen molar-refractivity contribution in [3.05, 3.63) is 29.3 Å². The molecule has 1 heterocycles. The summed E-state index contributed by atoms with van der Waals surface area (Å²) < 4.78 is 0. The van der Waals surface area contributed by atoms with Crippen molar-refractivity contribution in [3.63, 3.8) is 0 Å². The number of likely N-dealkylation sites (N-methyl/N-ethyl adjacent to an activating group) is 1. The van der Waals surface area contributed by atoms with E-state index in [1.165, 1.54) is 5.56 Å². The van der Waals surface area contributed by atoms with Crippen LogP contribution in [0.2, 0.25) is 0 Å². The number of carbonyl (C=O) groups excluding carboxylic acids is 2. The molecule has 5 nitrogen and oxygen atoms in total. The Morgan fingerprint density at radius 3 is 2.95 bits per heavy atom. The van der Waals surface area contributed by atoms with Crippen molar-refractivity contribution in [1.82, 2.24) is 10.2 Å². The zero-order valence-corrected chi connectivity index (χ0v) is 12.0. The number of anilines is 1. The summed E-state index contributed by atoms with van der Waals surface area (Å²) in [5.74, 6) is -0.281. The van der Waals surface area contributed by atoms with Crippen LogP contribution in [-0.4, -0.2) is 43.4 Å². The first-order valence-electron chi connectivity index (χ1n) is 7.00. The fourth-order valence-corrected chi connectivity index (χ4v) is 2.19. The van der Waals surface area contributed by atoms with Crippen LogP contribution < -0.4 is 10.6 Å². The maximum atomic E-state index is 12.0. The molecule has 1 aromatic carbocycles. The zero-order chi connectivity index (χ0) is 14.5. The van der Waals surface area contributed by atoms with E-state index >= 15 is 0 Å². The quantitative estimate of drug-likeness (QED) is 0.869. The van der Waals surface area contributed by atoms with Gasteiger partial charge in [-0.15, -0.1) is 0 Å². The van der Waals surface area contributed by atoms with Crippen LogP contribution in [0.15, 0.2) is 18.2 Å². The third-order valence-electron chi connectivity index (χ3n) is 3.61. The monoisotopic (exact) mass is 275 g/mol. The van der Waals surface area contributed by atoms with Crippen molar-refractivity contribution in [2.45, 2.75) is 19.8 Å². The third-order valence-corrected chi connectivity index (χ3v) is 3.61. The topological polar surface area (TPSA) is 61.4 Å². The Morgan fingerprint density at radius 1 is 1.40 bits per heavy atom. The zero-order valence-electron chi connectivity index (χ0n) is 12.0. The SMILES string of the molecule is CCN(C)C(=O)CNC(=O)c1ccc2c(c1)CCCN2. The Hall–Kier alpha value is -2.04. The van der Waals surface area contributed by atoms with Crippen LogP contribution in [0, 0.1) is 0 Å². The maximum Gasteiger partial charge on any atom is 0.251 e. The number of rotatable bonds is 4. The summed E-state index contributed by atoms with van der Waals surface area (Å²) in [5, 5.41) is 5.98. The largest absolute Gasteiger partial charge is 0.385 e. The minimum Gasteiger partial charge on any atom is -0.385 e. The van der Waals surface area contributed by atoms with Crippen molar-refractivity contribution < 1.29 is 9.59 Å². The number of fused-ring (bicyclic) bond motifs is 1.